The highest BCUT2D eigenvalue weighted by Gasteiger charge is 2.31. The number of halogens is 1. The monoisotopic (exact) mass is 543 g/mol. The molecule has 0 spiro atoms. The number of hydrogen-bond donors (Lipinski definition) is 2. The molecule has 3 aromatic rings. The smallest absolute Gasteiger partial charge is 0.347 e. The minimum atomic E-state index is -4.36. The van der Waals surface area contributed by atoms with Crippen LogP contribution in [0.1, 0.15) is 38.7 Å². The van der Waals surface area contributed by atoms with Crippen LogP contribution in [0.3, 0.4) is 0 Å². The molecule has 0 amide bonds. The van der Waals surface area contributed by atoms with E-state index in [2.05, 4.69) is 9.71 Å². The van der Waals surface area contributed by atoms with E-state index in [1.54, 1.807) is 6.92 Å². The van der Waals surface area contributed by atoms with Crippen LogP contribution in [0.15, 0.2) is 50.5 Å². The predicted molar refractivity (Wildman–Crippen MR) is 138 cm³/mol. The number of sulfonamides is 1. The lowest BCUT2D eigenvalue weighted by Gasteiger charge is -2.21. The van der Waals surface area contributed by atoms with E-state index in [4.69, 9.17) is 9.47 Å². The minimum absolute atomic E-state index is 0.0693. The Morgan fingerprint density at radius 2 is 2.03 bits per heavy atom. The van der Waals surface area contributed by atoms with Gasteiger partial charge in [-0.3, -0.25) is 4.79 Å². The van der Waals surface area contributed by atoms with Gasteiger partial charge >= 0.3 is 5.97 Å². The maximum absolute atomic E-state index is 14.1. The number of amidine groups is 1. The maximum atomic E-state index is 14.1. The fraction of sp³-hybridized carbons (Fsp3) is 0.346. The van der Waals surface area contributed by atoms with Crippen LogP contribution in [0.2, 0.25) is 0 Å². The molecule has 38 heavy (non-hydrogen) atoms. The van der Waals surface area contributed by atoms with Crippen molar-refractivity contribution in [2.24, 2.45) is 10.3 Å². The quantitative estimate of drug-likeness (QED) is 0.412. The Balaban J connectivity index is 1.56. The number of nitrogens with one attached hydrogen (secondary N) is 1. The molecule has 2 aromatic carbocycles. The molecule has 1 fully saturated rings. The van der Waals surface area contributed by atoms with Crippen LogP contribution in [-0.2, 0) is 26.1 Å². The van der Waals surface area contributed by atoms with Crippen molar-refractivity contribution >= 4 is 38.4 Å². The maximum Gasteiger partial charge on any atom is 0.347 e. The molecule has 0 bridgehead atoms. The Hall–Kier alpha value is -3.93. The number of aromatic hydroxyl groups is 1. The second-order valence-corrected chi connectivity index (χ2v) is 10.9. The van der Waals surface area contributed by atoms with Gasteiger partial charge in [0.2, 0.25) is 0 Å². The lowest BCUT2D eigenvalue weighted by atomic mass is 10.1. The molecule has 2 N–H and O–H groups in total. The minimum Gasteiger partial charge on any atom is -0.506 e. The number of carbonyl (C=O) groups is 1. The van der Waals surface area contributed by atoms with Crippen molar-refractivity contribution in [1.82, 2.24) is 4.57 Å². The van der Waals surface area contributed by atoms with Gasteiger partial charge in [0.25, 0.3) is 15.6 Å². The molecule has 1 atom stereocenters. The van der Waals surface area contributed by atoms with Crippen LogP contribution in [0.25, 0.3) is 10.9 Å². The summed E-state index contributed by atoms with van der Waals surface area (Å²) in [6.07, 6.45) is 1.89. The summed E-state index contributed by atoms with van der Waals surface area (Å²) >= 11 is 0. The van der Waals surface area contributed by atoms with E-state index in [-0.39, 0.29) is 39.7 Å². The number of ether oxygens (including phenoxy) is 2. The van der Waals surface area contributed by atoms with Gasteiger partial charge in [0.1, 0.15) is 27.8 Å². The van der Waals surface area contributed by atoms with Gasteiger partial charge in [-0.05, 0) is 56.5 Å². The highest BCUT2D eigenvalue weighted by Crippen LogP contribution is 2.36. The summed E-state index contributed by atoms with van der Waals surface area (Å²) in [4.78, 5) is 25.2. The Bertz CT molecular complexity index is 1640. The number of hydrogen-bond acceptors (Lipinski definition) is 8. The first-order chi connectivity index (χ1) is 18.1. The Kier molecular flexibility index (Phi) is 6.59. The van der Waals surface area contributed by atoms with Crippen LogP contribution >= 0.6 is 0 Å². The Morgan fingerprint density at radius 3 is 2.74 bits per heavy atom. The number of esters is 1. The van der Waals surface area contributed by atoms with Crippen LogP contribution in [0.5, 0.6) is 11.5 Å². The zero-order valence-corrected chi connectivity index (χ0v) is 21.5. The van der Waals surface area contributed by atoms with Gasteiger partial charge in [-0.1, -0.05) is 12.8 Å². The normalized spacial score (nSPS) is 16.8. The third-order valence-corrected chi connectivity index (χ3v) is 7.84. The van der Waals surface area contributed by atoms with Crippen LogP contribution in [0.4, 0.5) is 10.1 Å². The number of aryl methyl sites for hydroxylation is 1. The van der Waals surface area contributed by atoms with E-state index in [1.807, 2.05) is 0 Å². The number of carbonyl (C=O) groups excluding carboxylic acids is 1. The molecule has 10 nitrogen and oxygen atoms in total. The fourth-order valence-corrected chi connectivity index (χ4v) is 5.54. The molecule has 1 aliphatic carbocycles. The second-order valence-electron chi connectivity index (χ2n) is 9.28. The lowest BCUT2D eigenvalue weighted by molar-refractivity contribution is -0.150. The molecular formula is C26H26FN3O7S. The Labute approximate surface area is 217 Å². The number of aromatic nitrogens is 1. The van der Waals surface area contributed by atoms with E-state index in [1.165, 1.54) is 41.8 Å². The predicted octanol–water partition coefficient (Wildman–Crippen LogP) is 3.54. The largest absolute Gasteiger partial charge is 0.506 e. The number of anilines is 1. The van der Waals surface area contributed by atoms with Crippen molar-refractivity contribution in [2.75, 3.05) is 11.9 Å². The van der Waals surface area contributed by atoms with Crippen molar-refractivity contribution < 1.29 is 32.2 Å². The molecule has 12 heteroatoms. The van der Waals surface area contributed by atoms with Crippen LogP contribution in [0, 0.1) is 11.7 Å². The van der Waals surface area contributed by atoms with Gasteiger partial charge in [-0.15, -0.1) is 4.40 Å². The molecule has 2 aliphatic rings. The summed E-state index contributed by atoms with van der Waals surface area (Å²) in [5.41, 5.74) is -0.580. The number of rotatable bonds is 8. The van der Waals surface area contributed by atoms with E-state index >= 15 is 0 Å². The number of nitrogens with zero attached hydrogens (tertiary/aromatic N) is 2. The van der Waals surface area contributed by atoms with Crippen molar-refractivity contribution in [3.05, 3.63) is 58.1 Å². The topological polar surface area (TPSA) is 136 Å². The SMILES string of the molecule is CCOC(=O)[C@@H](C)Oc1ccc2c(c1)S(=O)(=O)N=C(c1c(O)c3cc(F)ccc3n(CCC3CC3)c1=O)N2. The third kappa shape index (κ3) is 4.83. The summed E-state index contributed by atoms with van der Waals surface area (Å²) in [6, 6.07) is 7.78. The average molecular weight is 544 g/mol. The molecular weight excluding hydrogens is 517 g/mol. The molecule has 1 aliphatic heterocycles. The van der Waals surface area contributed by atoms with Gasteiger partial charge in [0, 0.05) is 18.0 Å². The molecule has 0 unspecified atom stereocenters. The van der Waals surface area contributed by atoms with E-state index < -0.39 is 39.2 Å². The van der Waals surface area contributed by atoms with Crippen LogP contribution < -0.4 is 15.6 Å². The highest BCUT2D eigenvalue weighted by molar-refractivity contribution is 7.90. The summed E-state index contributed by atoms with van der Waals surface area (Å²) in [5.74, 6) is -1.57. The fourth-order valence-electron chi connectivity index (χ4n) is 4.40. The Morgan fingerprint density at radius 1 is 1.26 bits per heavy atom. The van der Waals surface area contributed by atoms with E-state index in [0.29, 0.717) is 18.0 Å². The molecule has 1 saturated carbocycles. The number of fused-ring (bicyclic) bond motifs is 2. The highest BCUT2D eigenvalue weighted by atomic mass is 32.2. The molecule has 2 heterocycles. The summed E-state index contributed by atoms with van der Waals surface area (Å²) in [7, 11) is -4.36. The first-order valence-electron chi connectivity index (χ1n) is 12.2. The van der Waals surface area contributed by atoms with Crippen molar-refractivity contribution in [3.8, 4) is 11.5 Å². The van der Waals surface area contributed by atoms with Gasteiger partial charge in [0.05, 0.1) is 17.8 Å². The average Bonchev–Trinajstić information content (AvgIpc) is 3.69. The molecule has 5 rings (SSSR count). The lowest BCUT2D eigenvalue weighted by Crippen LogP contribution is -2.33. The van der Waals surface area contributed by atoms with E-state index in [0.717, 1.165) is 25.3 Å². The van der Waals surface area contributed by atoms with Crippen molar-refractivity contribution in [3.63, 3.8) is 0 Å². The first-order valence-corrected chi connectivity index (χ1v) is 13.7. The van der Waals surface area contributed by atoms with Gasteiger partial charge in [-0.2, -0.15) is 8.42 Å². The summed E-state index contributed by atoms with van der Waals surface area (Å²) < 4.78 is 56.0. The molecule has 1 aromatic heterocycles. The zero-order valence-electron chi connectivity index (χ0n) is 20.7. The second kappa shape index (κ2) is 9.75. The summed E-state index contributed by atoms with van der Waals surface area (Å²) in [6.45, 7) is 3.63. The molecule has 0 radical (unpaired) electrons. The zero-order chi connectivity index (χ0) is 27.2. The van der Waals surface area contributed by atoms with E-state index in [9.17, 15) is 27.5 Å². The van der Waals surface area contributed by atoms with Gasteiger partial charge in [0.15, 0.2) is 11.9 Å². The van der Waals surface area contributed by atoms with Crippen molar-refractivity contribution in [2.45, 2.75) is 50.7 Å². The molecule has 200 valence electrons. The first kappa shape index (κ1) is 25.7. The van der Waals surface area contributed by atoms with Gasteiger partial charge < -0.3 is 24.5 Å². The number of pyridine rings is 1. The molecule has 0 saturated heterocycles. The van der Waals surface area contributed by atoms with Crippen LogP contribution in [-0.4, -0.2) is 42.6 Å². The third-order valence-electron chi connectivity index (χ3n) is 6.52. The summed E-state index contributed by atoms with van der Waals surface area (Å²) in [5, 5.41) is 13.9. The van der Waals surface area contributed by atoms with Gasteiger partial charge in [-0.25, -0.2) is 9.18 Å². The standard InChI is InChI=1S/C26H26FN3O7S/c1-3-36-26(33)14(2)37-17-7-8-19-21(13-17)38(34,35)29-24(28-19)22-23(31)18-12-16(27)6-9-20(18)30(25(22)32)11-10-15-4-5-15/h6-9,12-15,31H,3-5,10-11H2,1-2H3,(H,28,29)/t14-/m1/s1. The number of benzene rings is 2. The van der Waals surface area contributed by atoms with Crippen molar-refractivity contribution in [1.29, 1.82) is 0 Å².